The summed E-state index contributed by atoms with van der Waals surface area (Å²) in [5, 5.41) is 19.5. The van der Waals surface area contributed by atoms with Crippen molar-refractivity contribution in [2.45, 2.75) is 32.6 Å². The predicted octanol–water partition coefficient (Wildman–Crippen LogP) is 3.09. The average molecular weight is 306 g/mol. The molecule has 1 fully saturated rings. The highest BCUT2D eigenvalue weighted by molar-refractivity contribution is 7.16. The Morgan fingerprint density at radius 1 is 1.29 bits per heavy atom. The Kier molecular flexibility index (Phi) is 4.26. The van der Waals surface area contributed by atoms with Gasteiger partial charge < -0.3 is 15.7 Å². The third-order valence-corrected chi connectivity index (χ3v) is 5.10. The molecule has 0 saturated heterocycles. The lowest BCUT2D eigenvalue weighted by molar-refractivity contribution is 0.142. The fourth-order valence-electron chi connectivity index (χ4n) is 3.01. The van der Waals surface area contributed by atoms with Gasteiger partial charge in [-0.25, -0.2) is 4.98 Å². The Bertz CT molecular complexity index is 607. The average Bonchev–Trinajstić information content (AvgIpc) is 3.15. The molecule has 114 valence electrons. The van der Waals surface area contributed by atoms with Crippen LogP contribution >= 0.6 is 11.3 Å². The number of thiophene rings is 1. The van der Waals surface area contributed by atoms with Crippen molar-refractivity contribution in [2.24, 2.45) is 5.41 Å². The number of hydrogen-bond acceptors (Lipinski definition) is 6. The van der Waals surface area contributed by atoms with Crippen LogP contribution < -0.4 is 10.6 Å². The highest BCUT2D eigenvalue weighted by Crippen LogP contribution is 2.38. The summed E-state index contributed by atoms with van der Waals surface area (Å²) in [6.45, 7) is 3.86. The number of nitrogens with one attached hydrogen (secondary N) is 2. The van der Waals surface area contributed by atoms with E-state index in [1.165, 1.54) is 12.8 Å². The Labute approximate surface area is 128 Å². The van der Waals surface area contributed by atoms with Crippen molar-refractivity contribution >= 4 is 33.3 Å². The second kappa shape index (κ2) is 6.15. The molecule has 0 aromatic carbocycles. The van der Waals surface area contributed by atoms with Gasteiger partial charge in [-0.3, -0.25) is 0 Å². The van der Waals surface area contributed by atoms with E-state index in [2.05, 4.69) is 26.7 Å². The third kappa shape index (κ3) is 2.96. The van der Waals surface area contributed by atoms with Gasteiger partial charge in [0.2, 0.25) is 5.95 Å². The molecule has 0 aliphatic heterocycles. The summed E-state index contributed by atoms with van der Waals surface area (Å²) in [4.78, 5) is 10.1. The maximum Gasteiger partial charge on any atom is 0.226 e. The number of nitrogens with zero attached hydrogens (tertiary/aromatic N) is 2. The molecule has 2 aromatic heterocycles. The fourth-order valence-corrected chi connectivity index (χ4v) is 3.78. The summed E-state index contributed by atoms with van der Waals surface area (Å²) in [5.74, 6) is 1.54. The van der Waals surface area contributed by atoms with E-state index in [0.717, 1.165) is 42.0 Å². The van der Waals surface area contributed by atoms with Gasteiger partial charge >= 0.3 is 0 Å². The molecule has 1 aliphatic rings. The van der Waals surface area contributed by atoms with Crippen molar-refractivity contribution in [1.82, 2.24) is 9.97 Å². The highest BCUT2D eigenvalue weighted by Gasteiger charge is 2.33. The molecule has 5 nitrogen and oxygen atoms in total. The first-order valence-corrected chi connectivity index (χ1v) is 8.48. The van der Waals surface area contributed by atoms with Crippen molar-refractivity contribution in [3.63, 3.8) is 0 Å². The molecule has 2 heterocycles. The lowest BCUT2D eigenvalue weighted by Crippen LogP contribution is -2.30. The van der Waals surface area contributed by atoms with Crippen molar-refractivity contribution < 1.29 is 5.11 Å². The van der Waals surface area contributed by atoms with Crippen molar-refractivity contribution in [3.8, 4) is 0 Å². The van der Waals surface area contributed by atoms with Crippen LogP contribution in [0.25, 0.3) is 10.2 Å². The molecule has 1 saturated carbocycles. The molecule has 3 rings (SSSR count). The summed E-state index contributed by atoms with van der Waals surface area (Å²) in [7, 11) is 0. The van der Waals surface area contributed by atoms with Crippen LogP contribution in [0.5, 0.6) is 0 Å². The zero-order valence-corrected chi connectivity index (χ0v) is 13.2. The van der Waals surface area contributed by atoms with E-state index in [1.54, 1.807) is 11.3 Å². The quantitative estimate of drug-likeness (QED) is 0.765. The molecule has 0 amide bonds. The number of anilines is 2. The number of aliphatic hydroxyl groups excluding tert-OH is 1. The molecular weight excluding hydrogens is 284 g/mol. The van der Waals surface area contributed by atoms with Crippen LogP contribution in [0.15, 0.2) is 11.4 Å². The van der Waals surface area contributed by atoms with Crippen LogP contribution in [0.2, 0.25) is 0 Å². The topological polar surface area (TPSA) is 70.1 Å². The van der Waals surface area contributed by atoms with Crippen LogP contribution in [-0.4, -0.2) is 34.8 Å². The second-order valence-electron chi connectivity index (χ2n) is 5.78. The zero-order valence-electron chi connectivity index (χ0n) is 12.4. The first kappa shape index (κ1) is 14.5. The van der Waals surface area contributed by atoms with Crippen LogP contribution in [0.1, 0.15) is 32.6 Å². The molecular formula is C15H22N4OS. The number of fused-ring (bicyclic) bond motifs is 1. The van der Waals surface area contributed by atoms with Gasteiger partial charge in [0.15, 0.2) is 0 Å². The molecule has 21 heavy (non-hydrogen) atoms. The summed E-state index contributed by atoms with van der Waals surface area (Å²) in [6, 6.07) is 2.05. The fraction of sp³-hybridized carbons (Fsp3) is 0.600. The maximum atomic E-state index is 9.72. The number of rotatable bonds is 6. The van der Waals surface area contributed by atoms with Crippen molar-refractivity contribution in [3.05, 3.63) is 11.4 Å². The van der Waals surface area contributed by atoms with E-state index in [4.69, 9.17) is 0 Å². The molecule has 0 atom stereocenters. The second-order valence-corrected chi connectivity index (χ2v) is 6.68. The monoisotopic (exact) mass is 306 g/mol. The van der Waals surface area contributed by atoms with Crippen LogP contribution in [-0.2, 0) is 0 Å². The lowest BCUT2D eigenvalue weighted by atomic mass is 9.87. The number of aromatic nitrogens is 2. The van der Waals surface area contributed by atoms with Crippen LogP contribution in [0.3, 0.4) is 0 Å². The molecule has 0 unspecified atom stereocenters. The van der Waals surface area contributed by atoms with Crippen LogP contribution in [0.4, 0.5) is 11.8 Å². The minimum atomic E-state index is 0.0195. The SMILES string of the molecule is CCNc1nc(NCC2(CO)CCCC2)c2ccsc2n1. The first-order valence-electron chi connectivity index (χ1n) is 7.60. The number of aliphatic hydroxyl groups is 1. The zero-order chi connectivity index (χ0) is 14.7. The highest BCUT2D eigenvalue weighted by atomic mass is 32.1. The molecule has 0 radical (unpaired) electrons. The molecule has 6 heteroatoms. The van der Waals surface area contributed by atoms with Gasteiger partial charge in [-0.05, 0) is 31.2 Å². The third-order valence-electron chi connectivity index (χ3n) is 4.29. The Morgan fingerprint density at radius 2 is 2.10 bits per heavy atom. The van der Waals surface area contributed by atoms with E-state index >= 15 is 0 Å². The molecule has 2 aromatic rings. The Morgan fingerprint density at radius 3 is 2.81 bits per heavy atom. The molecule has 0 spiro atoms. The van der Waals surface area contributed by atoms with E-state index < -0.39 is 0 Å². The van der Waals surface area contributed by atoms with Gasteiger partial charge in [0.05, 0.1) is 12.0 Å². The normalized spacial score (nSPS) is 17.2. The Hall–Kier alpha value is -1.40. The summed E-state index contributed by atoms with van der Waals surface area (Å²) >= 11 is 1.62. The Balaban J connectivity index is 1.83. The summed E-state index contributed by atoms with van der Waals surface area (Å²) in [6.07, 6.45) is 4.61. The van der Waals surface area contributed by atoms with Crippen LogP contribution in [0, 0.1) is 5.41 Å². The summed E-state index contributed by atoms with van der Waals surface area (Å²) in [5.41, 5.74) is 0.0195. The van der Waals surface area contributed by atoms with E-state index in [-0.39, 0.29) is 12.0 Å². The smallest absolute Gasteiger partial charge is 0.226 e. The largest absolute Gasteiger partial charge is 0.396 e. The molecule has 3 N–H and O–H groups in total. The van der Waals surface area contributed by atoms with Gasteiger partial charge in [-0.1, -0.05) is 12.8 Å². The van der Waals surface area contributed by atoms with Gasteiger partial charge in [-0.15, -0.1) is 11.3 Å². The van der Waals surface area contributed by atoms with Crippen molar-refractivity contribution in [2.75, 3.05) is 30.3 Å². The predicted molar refractivity (Wildman–Crippen MR) is 88.1 cm³/mol. The van der Waals surface area contributed by atoms with E-state index in [1.807, 2.05) is 12.3 Å². The molecule has 1 aliphatic carbocycles. The van der Waals surface area contributed by atoms with Crippen molar-refractivity contribution in [1.29, 1.82) is 0 Å². The summed E-state index contributed by atoms with van der Waals surface area (Å²) < 4.78 is 0. The van der Waals surface area contributed by atoms with E-state index in [0.29, 0.717) is 5.95 Å². The molecule has 0 bridgehead atoms. The maximum absolute atomic E-state index is 9.72. The first-order chi connectivity index (χ1) is 10.3. The minimum absolute atomic E-state index is 0.0195. The standard InChI is InChI=1S/C15H22N4OS/c1-2-16-14-18-12(11-5-8-21-13(11)19-14)17-9-15(10-20)6-3-4-7-15/h5,8,20H,2-4,6-7,9-10H2,1H3,(H2,16,17,18,19). The minimum Gasteiger partial charge on any atom is -0.396 e. The number of hydrogen-bond donors (Lipinski definition) is 3. The van der Waals surface area contributed by atoms with Gasteiger partial charge in [0.1, 0.15) is 10.6 Å². The van der Waals surface area contributed by atoms with E-state index in [9.17, 15) is 5.11 Å². The lowest BCUT2D eigenvalue weighted by Gasteiger charge is -2.27. The van der Waals surface area contributed by atoms with Gasteiger partial charge in [0.25, 0.3) is 0 Å². The van der Waals surface area contributed by atoms with Gasteiger partial charge in [0, 0.05) is 18.5 Å². The van der Waals surface area contributed by atoms with Gasteiger partial charge in [-0.2, -0.15) is 4.98 Å².